The average molecular weight is 377 g/mol. The molecule has 0 radical (unpaired) electrons. The number of halogens is 4. The van der Waals surface area contributed by atoms with Crippen molar-refractivity contribution in [2.45, 2.75) is 25.6 Å². The van der Waals surface area contributed by atoms with Gasteiger partial charge in [-0.2, -0.15) is 13.2 Å². The third-order valence-corrected chi connectivity index (χ3v) is 4.67. The van der Waals surface area contributed by atoms with Crippen LogP contribution in [0.5, 0.6) is 0 Å². The summed E-state index contributed by atoms with van der Waals surface area (Å²) in [5.41, 5.74) is 1.21. The molecule has 140 valence electrons. The lowest BCUT2D eigenvalue weighted by atomic mass is 10.0. The zero-order valence-electron chi connectivity index (χ0n) is 14.1. The second-order valence-corrected chi connectivity index (χ2v) is 6.40. The number of nitrogens with zero attached hydrogens (tertiary/aromatic N) is 3. The number of aryl methyl sites for hydroxylation is 1. The summed E-state index contributed by atoms with van der Waals surface area (Å²) in [6.45, 7) is -0.302. The summed E-state index contributed by atoms with van der Waals surface area (Å²) in [6, 6.07) is 10.6. The van der Waals surface area contributed by atoms with E-state index in [-0.39, 0.29) is 23.3 Å². The summed E-state index contributed by atoms with van der Waals surface area (Å²) < 4.78 is 55.4. The maximum atomic E-state index is 14.3. The normalized spacial score (nSPS) is 14.4. The number of imidazole rings is 1. The van der Waals surface area contributed by atoms with Crippen molar-refractivity contribution in [3.63, 3.8) is 0 Å². The van der Waals surface area contributed by atoms with Gasteiger partial charge in [0.05, 0.1) is 16.7 Å². The minimum Gasteiger partial charge on any atom is -0.311 e. The van der Waals surface area contributed by atoms with Gasteiger partial charge in [0.2, 0.25) is 11.7 Å². The Morgan fingerprint density at radius 2 is 1.89 bits per heavy atom. The molecule has 0 unspecified atom stereocenters. The van der Waals surface area contributed by atoms with Crippen molar-refractivity contribution in [3.05, 3.63) is 59.7 Å². The van der Waals surface area contributed by atoms with Gasteiger partial charge < -0.3 is 9.47 Å². The standard InChI is InChI=1S/C19H15F4N3O/c20-13-7-3-5-12-6-4-10-25(17(12)13)16(27)11-26-15-9-2-1-8-14(15)24-18(26)19(21,22)23/h1-3,5,7-9H,4,6,10-11H2. The van der Waals surface area contributed by atoms with E-state index in [0.717, 1.165) is 4.57 Å². The minimum atomic E-state index is -4.70. The van der Waals surface area contributed by atoms with Crippen LogP contribution in [-0.2, 0) is 23.9 Å². The van der Waals surface area contributed by atoms with Crippen LogP contribution in [0.1, 0.15) is 17.8 Å². The first-order valence-electron chi connectivity index (χ1n) is 8.46. The number of anilines is 1. The molecule has 1 aromatic heterocycles. The van der Waals surface area contributed by atoms with Crippen molar-refractivity contribution in [2.24, 2.45) is 0 Å². The predicted molar refractivity (Wildman–Crippen MR) is 91.8 cm³/mol. The first-order chi connectivity index (χ1) is 12.9. The number of fused-ring (bicyclic) bond motifs is 2. The number of carbonyl (C=O) groups is 1. The molecule has 0 spiro atoms. The number of carbonyl (C=O) groups excluding carboxylic acids is 1. The molecule has 8 heteroatoms. The molecule has 2 heterocycles. The van der Waals surface area contributed by atoms with E-state index in [2.05, 4.69) is 4.98 Å². The van der Waals surface area contributed by atoms with Gasteiger partial charge in [0.1, 0.15) is 12.4 Å². The maximum Gasteiger partial charge on any atom is 0.449 e. The predicted octanol–water partition coefficient (Wildman–Crippen LogP) is 4.17. The van der Waals surface area contributed by atoms with Crippen molar-refractivity contribution in [1.29, 1.82) is 0 Å². The first-order valence-corrected chi connectivity index (χ1v) is 8.46. The summed E-state index contributed by atoms with van der Waals surface area (Å²) in [5, 5.41) is 0. The van der Waals surface area contributed by atoms with Crippen LogP contribution in [0.3, 0.4) is 0 Å². The molecular formula is C19H15F4N3O. The Morgan fingerprint density at radius 3 is 2.67 bits per heavy atom. The van der Waals surface area contributed by atoms with Gasteiger partial charge >= 0.3 is 6.18 Å². The molecule has 27 heavy (non-hydrogen) atoms. The number of amides is 1. The average Bonchev–Trinajstić information content (AvgIpc) is 3.00. The molecule has 1 aliphatic heterocycles. The van der Waals surface area contributed by atoms with Gasteiger partial charge in [-0.3, -0.25) is 4.79 Å². The van der Waals surface area contributed by atoms with Crippen LogP contribution >= 0.6 is 0 Å². The van der Waals surface area contributed by atoms with E-state index >= 15 is 0 Å². The van der Waals surface area contributed by atoms with E-state index in [1.54, 1.807) is 24.3 Å². The highest BCUT2D eigenvalue weighted by Crippen LogP contribution is 2.33. The van der Waals surface area contributed by atoms with Crippen LogP contribution in [0, 0.1) is 5.82 Å². The molecule has 0 fully saturated rings. The zero-order chi connectivity index (χ0) is 19.2. The number of para-hydroxylation sites is 3. The number of hydrogen-bond donors (Lipinski definition) is 0. The lowest BCUT2D eigenvalue weighted by Gasteiger charge is -2.30. The fourth-order valence-electron chi connectivity index (χ4n) is 3.53. The Kier molecular flexibility index (Phi) is 4.13. The van der Waals surface area contributed by atoms with Crippen LogP contribution in [0.2, 0.25) is 0 Å². The number of hydrogen-bond acceptors (Lipinski definition) is 2. The van der Waals surface area contributed by atoms with E-state index < -0.39 is 30.3 Å². The van der Waals surface area contributed by atoms with Crippen LogP contribution < -0.4 is 4.90 Å². The van der Waals surface area contributed by atoms with Crippen molar-refractivity contribution in [1.82, 2.24) is 9.55 Å². The van der Waals surface area contributed by atoms with E-state index in [1.165, 1.54) is 23.1 Å². The Balaban J connectivity index is 1.75. The van der Waals surface area contributed by atoms with Crippen molar-refractivity contribution in [2.75, 3.05) is 11.4 Å². The second-order valence-electron chi connectivity index (χ2n) is 6.40. The van der Waals surface area contributed by atoms with Gasteiger partial charge in [-0.15, -0.1) is 0 Å². The van der Waals surface area contributed by atoms with Gasteiger partial charge in [-0.1, -0.05) is 24.3 Å². The minimum absolute atomic E-state index is 0.155. The first kappa shape index (κ1) is 17.5. The fraction of sp³-hybridized carbons (Fsp3) is 0.263. The molecule has 4 nitrogen and oxygen atoms in total. The van der Waals surface area contributed by atoms with Gasteiger partial charge in [-0.25, -0.2) is 9.37 Å². The van der Waals surface area contributed by atoms with Gasteiger partial charge in [-0.05, 0) is 36.6 Å². The number of alkyl halides is 3. The highest BCUT2D eigenvalue weighted by atomic mass is 19.4. The molecule has 0 saturated carbocycles. The Labute approximate surface area is 152 Å². The zero-order valence-corrected chi connectivity index (χ0v) is 14.1. The molecule has 1 amide bonds. The van der Waals surface area contributed by atoms with E-state index in [0.29, 0.717) is 18.4 Å². The van der Waals surface area contributed by atoms with E-state index in [4.69, 9.17) is 0 Å². The number of rotatable bonds is 2. The monoisotopic (exact) mass is 377 g/mol. The van der Waals surface area contributed by atoms with Gasteiger partial charge in [0.15, 0.2) is 0 Å². The summed E-state index contributed by atoms with van der Waals surface area (Å²) in [6.07, 6.45) is -3.46. The smallest absolute Gasteiger partial charge is 0.311 e. The summed E-state index contributed by atoms with van der Waals surface area (Å²) >= 11 is 0. The van der Waals surface area contributed by atoms with Gasteiger partial charge in [0.25, 0.3) is 0 Å². The maximum absolute atomic E-state index is 14.3. The summed E-state index contributed by atoms with van der Waals surface area (Å²) in [4.78, 5) is 17.7. The third-order valence-electron chi connectivity index (χ3n) is 4.67. The van der Waals surface area contributed by atoms with Crippen LogP contribution in [0.25, 0.3) is 11.0 Å². The topological polar surface area (TPSA) is 38.1 Å². The van der Waals surface area contributed by atoms with Crippen molar-refractivity contribution < 1.29 is 22.4 Å². The highest BCUT2D eigenvalue weighted by Gasteiger charge is 2.38. The Bertz CT molecular complexity index is 1030. The molecule has 3 aromatic rings. The lowest BCUT2D eigenvalue weighted by molar-refractivity contribution is -0.147. The summed E-state index contributed by atoms with van der Waals surface area (Å²) in [7, 11) is 0. The highest BCUT2D eigenvalue weighted by molar-refractivity contribution is 5.95. The Hall–Kier alpha value is -2.90. The molecule has 0 saturated heterocycles. The molecule has 4 rings (SSSR count). The number of benzene rings is 2. The summed E-state index contributed by atoms with van der Waals surface area (Å²) in [5.74, 6) is -2.29. The van der Waals surface area contributed by atoms with Crippen molar-refractivity contribution in [3.8, 4) is 0 Å². The molecule has 0 N–H and O–H groups in total. The molecule has 0 atom stereocenters. The molecule has 2 aromatic carbocycles. The molecular weight excluding hydrogens is 362 g/mol. The SMILES string of the molecule is O=C(Cn1c(C(F)(F)F)nc2ccccc21)N1CCCc2cccc(F)c21. The van der Waals surface area contributed by atoms with E-state index in [9.17, 15) is 22.4 Å². The lowest BCUT2D eigenvalue weighted by Crippen LogP contribution is -2.39. The quantitative estimate of drug-likeness (QED) is 0.629. The van der Waals surface area contributed by atoms with Crippen molar-refractivity contribution >= 4 is 22.6 Å². The number of aromatic nitrogens is 2. The van der Waals surface area contributed by atoms with E-state index in [1.807, 2.05) is 0 Å². The second kappa shape index (κ2) is 6.37. The van der Waals surface area contributed by atoms with Crippen LogP contribution in [-0.4, -0.2) is 22.0 Å². The Morgan fingerprint density at radius 1 is 1.11 bits per heavy atom. The van der Waals surface area contributed by atoms with Crippen LogP contribution in [0.4, 0.5) is 23.2 Å². The largest absolute Gasteiger partial charge is 0.449 e. The fourth-order valence-corrected chi connectivity index (χ4v) is 3.53. The van der Waals surface area contributed by atoms with Crippen LogP contribution in [0.15, 0.2) is 42.5 Å². The third kappa shape index (κ3) is 3.05. The van der Waals surface area contributed by atoms with Gasteiger partial charge in [0, 0.05) is 6.54 Å². The molecule has 0 aliphatic carbocycles. The molecule has 0 bridgehead atoms. The molecule has 1 aliphatic rings.